The molecule has 2 N–H and O–H groups in total. The molecule has 2 atom stereocenters. The minimum absolute atomic E-state index is 0.120. The number of aliphatic hydroxyl groups excluding tert-OH is 1. The van der Waals surface area contributed by atoms with Crippen molar-refractivity contribution in [1.29, 1.82) is 0 Å². The summed E-state index contributed by atoms with van der Waals surface area (Å²) in [5.74, 6) is 0. The molecule has 1 saturated carbocycles. The molecule has 104 valence electrons. The van der Waals surface area contributed by atoms with E-state index in [9.17, 15) is 15.2 Å². The van der Waals surface area contributed by atoms with Gasteiger partial charge in [0.2, 0.25) is 0 Å². The van der Waals surface area contributed by atoms with Crippen LogP contribution in [0.25, 0.3) is 0 Å². The van der Waals surface area contributed by atoms with Crippen LogP contribution in [0.15, 0.2) is 12.1 Å². The maximum atomic E-state index is 10.7. The van der Waals surface area contributed by atoms with Crippen LogP contribution in [0.1, 0.15) is 25.7 Å². The van der Waals surface area contributed by atoms with Gasteiger partial charge >= 0.3 is 0 Å². The minimum atomic E-state index is -0.545. The molecule has 1 aromatic carbocycles. The maximum Gasteiger partial charge on any atom is 0.272 e. The van der Waals surface area contributed by atoms with Crippen molar-refractivity contribution in [3.05, 3.63) is 32.3 Å². The number of benzene rings is 1. The fraction of sp³-hybridized carbons (Fsp3) is 0.500. The number of hydrogen-bond acceptors (Lipinski definition) is 4. The number of aliphatic hydroxyl groups is 1. The Kier molecular flexibility index (Phi) is 4.50. The predicted molar refractivity (Wildman–Crippen MR) is 75.0 cm³/mol. The van der Waals surface area contributed by atoms with Gasteiger partial charge in [-0.1, -0.05) is 36.0 Å². The second-order valence-corrected chi connectivity index (χ2v) is 5.46. The van der Waals surface area contributed by atoms with E-state index in [-0.39, 0.29) is 21.8 Å². The van der Waals surface area contributed by atoms with Gasteiger partial charge in [0.15, 0.2) is 0 Å². The Balaban J connectivity index is 2.22. The van der Waals surface area contributed by atoms with Gasteiger partial charge in [0, 0.05) is 12.1 Å². The number of nitrogens with zero attached hydrogens (tertiary/aromatic N) is 1. The number of nitro groups is 1. The van der Waals surface area contributed by atoms with Gasteiger partial charge in [0.1, 0.15) is 0 Å². The van der Waals surface area contributed by atoms with Crippen LogP contribution in [0, 0.1) is 10.1 Å². The molecule has 5 nitrogen and oxygen atoms in total. The molecule has 0 spiro atoms. The SMILES string of the molecule is O=[N+]([O-])c1cc(Cl)c(NC2CCCCC2O)c(Cl)c1. The topological polar surface area (TPSA) is 75.4 Å². The van der Waals surface area contributed by atoms with Crippen LogP contribution in [0.2, 0.25) is 10.0 Å². The number of hydrogen-bond donors (Lipinski definition) is 2. The molecule has 2 unspecified atom stereocenters. The molecule has 0 radical (unpaired) electrons. The smallest absolute Gasteiger partial charge is 0.272 e. The quantitative estimate of drug-likeness (QED) is 0.660. The fourth-order valence-electron chi connectivity index (χ4n) is 2.27. The van der Waals surface area contributed by atoms with E-state index < -0.39 is 11.0 Å². The zero-order valence-electron chi connectivity index (χ0n) is 10.1. The van der Waals surface area contributed by atoms with Gasteiger partial charge in [0.25, 0.3) is 5.69 Å². The van der Waals surface area contributed by atoms with Crippen molar-refractivity contribution in [1.82, 2.24) is 0 Å². The molecule has 0 aromatic heterocycles. The molecule has 1 aromatic rings. The van der Waals surface area contributed by atoms with Crippen LogP contribution < -0.4 is 5.32 Å². The van der Waals surface area contributed by atoms with Gasteiger partial charge in [-0.3, -0.25) is 10.1 Å². The first-order valence-electron chi connectivity index (χ1n) is 6.07. The average Bonchev–Trinajstić information content (AvgIpc) is 2.35. The molecule has 0 saturated heterocycles. The first kappa shape index (κ1) is 14.4. The fourth-order valence-corrected chi connectivity index (χ4v) is 2.85. The van der Waals surface area contributed by atoms with Gasteiger partial charge < -0.3 is 10.4 Å². The van der Waals surface area contributed by atoms with E-state index >= 15 is 0 Å². The average molecular weight is 305 g/mol. The number of nitrogens with one attached hydrogen (secondary N) is 1. The van der Waals surface area contributed by atoms with E-state index in [1.165, 1.54) is 12.1 Å². The summed E-state index contributed by atoms with van der Waals surface area (Å²) >= 11 is 12.0. The highest BCUT2D eigenvalue weighted by molar-refractivity contribution is 6.39. The highest BCUT2D eigenvalue weighted by atomic mass is 35.5. The third kappa shape index (κ3) is 3.29. The van der Waals surface area contributed by atoms with Crippen LogP contribution in [0.5, 0.6) is 0 Å². The number of nitro benzene ring substituents is 1. The zero-order valence-corrected chi connectivity index (χ0v) is 11.6. The summed E-state index contributed by atoms with van der Waals surface area (Å²) in [6.07, 6.45) is 3.14. The molecular weight excluding hydrogens is 291 g/mol. The van der Waals surface area contributed by atoms with Crippen LogP contribution in [-0.2, 0) is 0 Å². The van der Waals surface area contributed by atoms with Gasteiger partial charge in [-0.15, -0.1) is 0 Å². The first-order chi connectivity index (χ1) is 8.99. The third-order valence-electron chi connectivity index (χ3n) is 3.30. The second-order valence-electron chi connectivity index (χ2n) is 4.64. The molecule has 7 heteroatoms. The lowest BCUT2D eigenvalue weighted by molar-refractivity contribution is -0.384. The zero-order chi connectivity index (χ0) is 14.0. The lowest BCUT2D eigenvalue weighted by Gasteiger charge is -2.29. The number of anilines is 1. The Bertz CT molecular complexity index is 473. The standard InChI is InChI=1S/C12H14Cl2N2O3/c13-8-5-7(16(18)19)6-9(14)12(8)15-10-3-1-2-4-11(10)17/h5-6,10-11,15,17H,1-4H2. The lowest BCUT2D eigenvalue weighted by atomic mass is 9.92. The van der Waals surface area contributed by atoms with E-state index in [0.717, 1.165) is 25.7 Å². The summed E-state index contributed by atoms with van der Waals surface area (Å²) in [5.41, 5.74) is 0.296. The highest BCUT2D eigenvalue weighted by Crippen LogP contribution is 2.36. The van der Waals surface area contributed by atoms with E-state index in [0.29, 0.717) is 5.69 Å². The van der Waals surface area contributed by atoms with E-state index in [1.807, 2.05) is 0 Å². The van der Waals surface area contributed by atoms with Crippen molar-refractivity contribution in [2.45, 2.75) is 37.8 Å². The Hall–Kier alpha value is -1.04. The Labute approximate surface area is 120 Å². The van der Waals surface area contributed by atoms with E-state index in [2.05, 4.69) is 5.32 Å². The number of halogens is 2. The van der Waals surface area contributed by atoms with Crippen molar-refractivity contribution in [3.63, 3.8) is 0 Å². The minimum Gasteiger partial charge on any atom is -0.391 e. The van der Waals surface area contributed by atoms with Crippen molar-refractivity contribution >= 4 is 34.6 Å². The molecule has 0 bridgehead atoms. The molecule has 1 aliphatic carbocycles. The first-order valence-corrected chi connectivity index (χ1v) is 6.82. The molecule has 1 fully saturated rings. The van der Waals surface area contributed by atoms with Crippen LogP contribution >= 0.6 is 23.2 Å². The molecule has 0 aliphatic heterocycles. The van der Waals surface area contributed by atoms with Gasteiger partial charge in [0.05, 0.1) is 32.8 Å². The van der Waals surface area contributed by atoms with E-state index in [1.54, 1.807) is 0 Å². The molecular formula is C12H14Cl2N2O3. The van der Waals surface area contributed by atoms with Crippen molar-refractivity contribution in [2.24, 2.45) is 0 Å². The number of rotatable bonds is 3. The monoisotopic (exact) mass is 304 g/mol. The summed E-state index contributed by atoms with van der Waals surface area (Å²) in [6.45, 7) is 0. The van der Waals surface area contributed by atoms with Crippen molar-refractivity contribution in [2.75, 3.05) is 5.32 Å². The van der Waals surface area contributed by atoms with Crippen LogP contribution in [0.4, 0.5) is 11.4 Å². The number of non-ortho nitro benzene ring substituents is 1. The normalized spacial score (nSPS) is 23.1. The molecule has 1 aliphatic rings. The van der Waals surface area contributed by atoms with Crippen LogP contribution in [0.3, 0.4) is 0 Å². The predicted octanol–water partition coefficient (Wildman–Crippen LogP) is 3.62. The molecule has 2 rings (SSSR count). The van der Waals surface area contributed by atoms with Gasteiger partial charge in [-0.2, -0.15) is 0 Å². The third-order valence-corrected chi connectivity index (χ3v) is 3.89. The maximum absolute atomic E-state index is 10.7. The lowest BCUT2D eigenvalue weighted by Crippen LogP contribution is -2.36. The Morgan fingerprint density at radius 1 is 1.26 bits per heavy atom. The van der Waals surface area contributed by atoms with E-state index in [4.69, 9.17) is 23.2 Å². The summed E-state index contributed by atoms with van der Waals surface area (Å²) in [5, 5.41) is 24.1. The summed E-state index contributed by atoms with van der Waals surface area (Å²) < 4.78 is 0. The Morgan fingerprint density at radius 3 is 2.37 bits per heavy atom. The van der Waals surface area contributed by atoms with Gasteiger partial charge in [-0.25, -0.2) is 0 Å². The summed E-state index contributed by atoms with van der Waals surface area (Å²) in [7, 11) is 0. The second kappa shape index (κ2) is 5.94. The molecule has 19 heavy (non-hydrogen) atoms. The Morgan fingerprint density at radius 2 is 1.84 bits per heavy atom. The summed E-state index contributed by atoms with van der Waals surface area (Å²) in [4.78, 5) is 10.1. The largest absolute Gasteiger partial charge is 0.391 e. The summed E-state index contributed by atoms with van der Waals surface area (Å²) in [6, 6.07) is 2.39. The molecule has 0 amide bonds. The van der Waals surface area contributed by atoms with Crippen molar-refractivity contribution in [3.8, 4) is 0 Å². The highest BCUT2D eigenvalue weighted by Gasteiger charge is 2.25. The van der Waals surface area contributed by atoms with Gasteiger partial charge in [-0.05, 0) is 12.8 Å². The molecule has 0 heterocycles. The van der Waals surface area contributed by atoms with Crippen molar-refractivity contribution < 1.29 is 10.0 Å². The van der Waals surface area contributed by atoms with Crippen LogP contribution in [-0.4, -0.2) is 22.2 Å².